The van der Waals surface area contributed by atoms with Gasteiger partial charge in [0, 0.05) is 19.3 Å². The molecule has 1 aliphatic rings. The molecule has 1 aliphatic heterocycles. The molecule has 0 atom stereocenters. The molecule has 0 aromatic heterocycles. The third-order valence-electron chi connectivity index (χ3n) is 5.11. The number of rotatable bonds is 6. The zero-order valence-electron chi connectivity index (χ0n) is 16.0. The predicted molar refractivity (Wildman–Crippen MR) is 111 cm³/mol. The van der Waals surface area contributed by atoms with Gasteiger partial charge >= 0.3 is 0 Å². The van der Waals surface area contributed by atoms with E-state index in [9.17, 15) is 4.79 Å². The van der Waals surface area contributed by atoms with E-state index in [1.54, 1.807) is 4.90 Å². The van der Waals surface area contributed by atoms with Crippen molar-refractivity contribution >= 4 is 22.4 Å². The lowest BCUT2D eigenvalue weighted by Crippen LogP contribution is -2.29. The molecule has 1 amide bonds. The predicted octanol–water partition coefficient (Wildman–Crippen LogP) is 3.78. The molecular formula is C23H24N2O3. The lowest BCUT2D eigenvalue weighted by atomic mass is 10.0. The highest BCUT2D eigenvalue weighted by Crippen LogP contribution is 2.32. The van der Waals surface area contributed by atoms with E-state index in [-0.39, 0.29) is 12.7 Å². The number of hydrogen-bond acceptors (Lipinski definition) is 4. The van der Waals surface area contributed by atoms with Crippen molar-refractivity contribution in [1.29, 1.82) is 0 Å². The number of nitrogens with two attached hydrogens (primary N) is 1. The van der Waals surface area contributed by atoms with Crippen molar-refractivity contribution in [2.24, 2.45) is 0 Å². The van der Waals surface area contributed by atoms with Crippen molar-refractivity contribution in [2.75, 3.05) is 26.1 Å². The van der Waals surface area contributed by atoms with Gasteiger partial charge in [0.15, 0.2) is 11.5 Å². The zero-order valence-corrected chi connectivity index (χ0v) is 16.0. The maximum atomic E-state index is 12.5. The summed E-state index contributed by atoms with van der Waals surface area (Å²) < 4.78 is 10.7. The van der Waals surface area contributed by atoms with Gasteiger partial charge in [0.1, 0.15) is 0 Å². The van der Waals surface area contributed by atoms with Crippen LogP contribution < -0.4 is 15.2 Å². The largest absolute Gasteiger partial charge is 0.454 e. The number of fused-ring (bicyclic) bond motifs is 2. The molecule has 28 heavy (non-hydrogen) atoms. The van der Waals surface area contributed by atoms with Crippen LogP contribution >= 0.6 is 0 Å². The van der Waals surface area contributed by atoms with Crippen LogP contribution in [0.15, 0.2) is 54.6 Å². The topological polar surface area (TPSA) is 64.8 Å². The Hall–Kier alpha value is -3.21. The van der Waals surface area contributed by atoms with E-state index in [0.717, 1.165) is 41.8 Å². The molecule has 144 valence electrons. The lowest BCUT2D eigenvalue weighted by Gasteiger charge is -2.17. The average Bonchev–Trinajstić information content (AvgIpc) is 3.15. The summed E-state index contributed by atoms with van der Waals surface area (Å²) in [6, 6.07) is 18.1. The van der Waals surface area contributed by atoms with E-state index in [0.29, 0.717) is 12.2 Å². The van der Waals surface area contributed by atoms with Crippen LogP contribution in [-0.2, 0) is 17.6 Å². The molecule has 0 bridgehead atoms. The Morgan fingerprint density at radius 2 is 1.71 bits per heavy atom. The molecule has 5 nitrogen and oxygen atoms in total. The average molecular weight is 376 g/mol. The molecule has 3 aromatic carbocycles. The Labute approximate surface area is 164 Å². The number of benzene rings is 3. The third-order valence-corrected chi connectivity index (χ3v) is 5.11. The SMILES string of the molecule is CN(CCCc1ccc2cc(N)ccc2c1)C(=O)Cc1ccc2c(c1)OCO2. The van der Waals surface area contributed by atoms with Crippen molar-refractivity contribution in [3.05, 3.63) is 65.7 Å². The molecule has 0 saturated heterocycles. The quantitative estimate of drug-likeness (QED) is 0.665. The number of carbonyl (C=O) groups is 1. The standard InChI is InChI=1S/C23H24N2O3/c1-25(23(26)13-17-5-9-21-22(12-17)28-15-27-21)10-2-3-16-4-6-19-14-20(24)8-7-18(19)11-16/h4-9,11-12,14H,2-3,10,13,15,24H2,1H3. The number of nitrogen functional groups attached to an aromatic ring is 1. The van der Waals surface area contributed by atoms with Crippen LogP contribution in [0.4, 0.5) is 5.69 Å². The van der Waals surface area contributed by atoms with E-state index >= 15 is 0 Å². The van der Waals surface area contributed by atoms with Gasteiger partial charge in [0.2, 0.25) is 12.7 Å². The minimum Gasteiger partial charge on any atom is -0.454 e. The highest BCUT2D eigenvalue weighted by atomic mass is 16.7. The van der Waals surface area contributed by atoms with Gasteiger partial charge in [-0.15, -0.1) is 0 Å². The van der Waals surface area contributed by atoms with Gasteiger partial charge in [-0.25, -0.2) is 0 Å². The Kier molecular flexibility index (Phi) is 5.06. The van der Waals surface area contributed by atoms with Gasteiger partial charge in [-0.3, -0.25) is 4.79 Å². The van der Waals surface area contributed by atoms with Crippen LogP contribution in [0.25, 0.3) is 10.8 Å². The summed E-state index contributed by atoms with van der Waals surface area (Å²) in [5.74, 6) is 1.56. The summed E-state index contributed by atoms with van der Waals surface area (Å²) in [5, 5.41) is 2.35. The van der Waals surface area contributed by atoms with Crippen LogP contribution in [0.5, 0.6) is 11.5 Å². The number of ether oxygens (including phenoxy) is 2. The summed E-state index contributed by atoms with van der Waals surface area (Å²) >= 11 is 0. The molecule has 1 heterocycles. The van der Waals surface area contributed by atoms with Gasteiger partial charge in [-0.05, 0) is 59.0 Å². The minimum atomic E-state index is 0.104. The van der Waals surface area contributed by atoms with Gasteiger partial charge in [0.05, 0.1) is 6.42 Å². The molecule has 4 rings (SSSR count). The summed E-state index contributed by atoms with van der Waals surface area (Å²) in [7, 11) is 1.86. The molecule has 0 saturated carbocycles. The summed E-state index contributed by atoms with van der Waals surface area (Å²) in [4.78, 5) is 14.3. The summed E-state index contributed by atoms with van der Waals surface area (Å²) in [5.41, 5.74) is 8.83. The molecule has 5 heteroatoms. The molecule has 0 spiro atoms. The Bertz CT molecular complexity index is 1020. The summed E-state index contributed by atoms with van der Waals surface area (Å²) in [6.07, 6.45) is 2.22. The number of hydrogen-bond donors (Lipinski definition) is 1. The van der Waals surface area contributed by atoms with Crippen LogP contribution in [0.1, 0.15) is 17.5 Å². The van der Waals surface area contributed by atoms with Crippen molar-refractivity contribution in [1.82, 2.24) is 4.90 Å². The van der Waals surface area contributed by atoms with Crippen LogP contribution in [-0.4, -0.2) is 31.2 Å². The first kappa shape index (κ1) is 18.2. The Morgan fingerprint density at radius 1 is 0.964 bits per heavy atom. The van der Waals surface area contributed by atoms with Crippen molar-refractivity contribution in [3.8, 4) is 11.5 Å². The first-order chi connectivity index (χ1) is 13.6. The van der Waals surface area contributed by atoms with E-state index in [2.05, 4.69) is 24.3 Å². The number of anilines is 1. The Morgan fingerprint density at radius 3 is 2.61 bits per heavy atom. The fraction of sp³-hybridized carbons (Fsp3) is 0.261. The van der Waals surface area contributed by atoms with Crippen molar-refractivity contribution < 1.29 is 14.3 Å². The van der Waals surface area contributed by atoms with Crippen molar-refractivity contribution in [3.63, 3.8) is 0 Å². The van der Waals surface area contributed by atoms with E-state index in [4.69, 9.17) is 15.2 Å². The fourth-order valence-corrected chi connectivity index (χ4v) is 3.47. The normalized spacial score (nSPS) is 12.3. The lowest BCUT2D eigenvalue weighted by molar-refractivity contribution is -0.129. The van der Waals surface area contributed by atoms with Crippen LogP contribution in [0, 0.1) is 0 Å². The number of aryl methyl sites for hydroxylation is 1. The number of amides is 1. The molecule has 0 fully saturated rings. The second-order valence-corrected chi connectivity index (χ2v) is 7.22. The van der Waals surface area contributed by atoms with Crippen molar-refractivity contribution in [2.45, 2.75) is 19.3 Å². The van der Waals surface area contributed by atoms with Gasteiger partial charge in [-0.2, -0.15) is 0 Å². The molecule has 0 unspecified atom stereocenters. The molecule has 2 N–H and O–H groups in total. The molecule has 3 aromatic rings. The van der Waals surface area contributed by atoms with Crippen LogP contribution in [0.3, 0.4) is 0 Å². The third kappa shape index (κ3) is 4.03. The van der Waals surface area contributed by atoms with E-state index in [1.165, 1.54) is 10.9 Å². The second-order valence-electron chi connectivity index (χ2n) is 7.22. The van der Waals surface area contributed by atoms with Crippen LogP contribution in [0.2, 0.25) is 0 Å². The molecule has 0 radical (unpaired) electrons. The van der Waals surface area contributed by atoms with E-state index < -0.39 is 0 Å². The zero-order chi connectivity index (χ0) is 19.5. The molecular weight excluding hydrogens is 352 g/mol. The first-order valence-corrected chi connectivity index (χ1v) is 9.49. The highest BCUT2D eigenvalue weighted by Gasteiger charge is 2.16. The molecule has 0 aliphatic carbocycles. The first-order valence-electron chi connectivity index (χ1n) is 9.49. The smallest absolute Gasteiger partial charge is 0.231 e. The maximum Gasteiger partial charge on any atom is 0.231 e. The fourth-order valence-electron chi connectivity index (χ4n) is 3.47. The summed E-state index contributed by atoms with van der Waals surface area (Å²) in [6.45, 7) is 0.970. The number of likely N-dealkylation sites (N-methyl/N-ethyl adjacent to an activating group) is 1. The highest BCUT2D eigenvalue weighted by molar-refractivity contribution is 5.86. The maximum absolute atomic E-state index is 12.5. The monoisotopic (exact) mass is 376 g/mol. The number of carbonyl (C=O) groups excluding carboxylic acids is 1. The Balaban J connectivity index is 1.29. The van der Waals surface area contributed by atoms with Gasteiger partial charge in [-0.1, -0.05) is 30.3 Å². The van der Waals surface area contributed by atoms with Gasteiger partial charge in [0.25, 0.3) is 0 Å². The number of nitrogens with zero attached hydrogens (tertiary/aromatic N) is 1. The second kappa shape index (κ2) is 7.80. The van der Waals surface area contributed by atoms with E-state index in [1.807, 2.05) is 37.4 Å². The van der Waals surface area contributed by atoms with Gasteiger partial charge < -0.3 is 20.1 Å². The minimum absolute atomic E-state index is 0.104.